The molecule has 0 spiro atoms. The van der Waals surface area contributed by atoms with E-state index in [-0.39, 0.29) is 0 Å². The fourth-order valence-electron chi connectivity index (χ4n) is 10.1. The predicted octanol–water partition coefficient (Wildman–Crippen LogP) is 15.8. The van der Waals surface area contributed by atoms with Gasteiger partial charge >= 0.3 is 0 Å². The molecule has 0 aliphatic heterocycles. The summed E-state index contributed by atoms with van der Waals surface area (Å²) in [7, 11) is 0. The average molecular weight is 803 g/mol. The standard InChI is InChI=1S/C60H38N2O/c61-39-40-23-31-46(32-24-40)62(48-35-36-51-50-18-9-11-21-56(50)60(57(51)37-48,44-13-3-1-4-14-44)45-15-5-2-6-16-45)47-33-29-42(30-34-47)41-25-27-43(28-26-41)54-38-55-52-19-10-12-22-58(52)63-59(55)53-20-8-7-17-49(53)54/h1-38H. The van der Waals surface area contributed by atoms with Gasteiger partial charge in [0, 0.05) is 33.2 Å². The Kier molecular flexibility index (Phi) is 8.45. The summed E-state index contributed by atoms with van der Waals surface area (Å²) >= 11 is 0. The van der Waals surface area contributed by atoms with E-state index in [1.807, 2.05) is 36.4 Å². The fraction of sp³-hybridized carbons (Fsp3) is 0.0167. The number of nitrogens with zero attached hydrogens (tertiary/aromatic N) is 2. The first-order valence-corrected chi connectivity index (χ1v) is 21.4. The van der Waals surface area contributed by atoms with Crippen LogP contribution in [0.2, 0.25) is 0 Å². The van der Waals surface area contributed by atoms with Crippen LogP contribution in [0.15, 0.2) is 235 Å². The molecule has 1 aliphatic rings. The molecular weight excluding hydrogens is 765 g/mol. The second-order valence-electron chi connectivity index (χ2n) is 16.3. The SMILES string of the molecule is N#Cc1ccc(N(c2ccc(-c3ccc(-c4cc5c6ccccc6oc5c5ccccc45)cc3)cc2)c2ccc3c(c2)C(c2ccccc2)(c2ccccc2)c2ccccc2-3)cc1. The lowest BCUT2D eigenvalue weighted by atomic mass is 9.67. The van der Waals surface area contributed by atoms with E-state index in [0.717, 1.165) is 61.1 Å². The van der Waals surface area contributed by atoms with Gasteiger partial charge in [0.1, 0.15) is 11.2 Å². The minimum Gasteiger partial charge on any atom is -0.455 e. The van der Waals surface area contributed by atoms with E-state index in [1.54, 1.807) is 0 Å². The molecule has 0 N–H and O–H groups in total. The molecule has 0 bridgehead atoms. The first-order valence-electron chi connectivity index (χ1n) is 21.4. The molecule has 0 saturated heterocycles. The summed E-state index contributed by atoms with van der Waals surface area (Å²) in [6.07, 6.45) is 0. The largest absolute Gasteiger partial charge is 0.455 e. The molecule has 0 saturated carbocycles. The van der Waals surface area contributed by atoms with Crippen molar-refractivity contribution >= 4 is 49.8 Å². The minimum atomic E-state index is -0.527. The predicted molar refractivity (Wildman–Crippen MR) is 259 cm³/mol. The Labute approximate surface area is 366 Å². The molecule has 10 aromatic carbocycles. The number of benzene rings is 10. The topological polar surface area (TPSA) is 40.2 Å². The number of hydrogen-bond donors (Lipinski definition) is 0. The highest BCUT2D eigenvalue weighted by molar-refractivity contribution is 6.19. The van der Waals surface area contributed by atoms with Crippen molar-refractivity contribution in [2.75, 3.05) is 4.90 Å². The number of rotatable bonds is 7. The number of hydrogen-bond acceptors (Lipinski definition) is 3. The Balaban J connectivity index is 0.959. The van der Waals surface area contributed by atoms with Crippen LogP contribution < -0.4 is 4.90 Å². The zero-order valence-corrected chi connectivity index (χ0v) is 34.2. The van der Waals surface area contributed by atoms with Crippen molar-refractivity contribution in [3.8, 4) is 39.4 Å². The van der Waals surface area contributed by atoms with Gasteiger partial charge in [-0.1, -0.05) is 170 Å². The molecule has 11 aromatic rings. The van der Waals surface area contributed by atoms with Gasteiger partial charge in [-0.2, -0.15) is 5.26 Å². The van der Waals surface area contributed by atoms with Crippen LogP contribution in [-0.4, -0.2) is 0 Å². The molecule has 1 aromatic heterocycles. The van der Waals surface area contributed by atoms with Gasteiger partial charge in [0.15, 0.2) is 0 Å². The molecule has 1 aliphatic carbocycles. The van der Waals surface area contributed by atoms with E-state index in [9.17, 15) is 5.26 Å². The van der Waals surface area contributed by atoms with Crippen molar-refractivity contribution in [2.24, 2.45) is 0 Å². The second kappa shape index (κ2) is 14.6. The summed E-state index contributed by atoms with van der Waals surface area (Å²) in [5, 5.41) is 14.3. The van der Waals surface area contributed by atoms with Gasteiger partial charge in [0.2, 0.25) is 0 Å². The number of furan rings is 1. The first kappa shape index (κ1) is 36.4. The van der Waals surface area contributed by atoms with Crippen molar-refractivity contribution in [1.82, 2.24) is 0 Å². The summed E-state index contributed by atoms with van der Waals surface area (Å²) in [4.78, 5) is 2.30. The van der Waals surface area contributed by atoms with Crippen LogP contribution in [-0.2, 0) is 5.41 Å². The summed E-state index contributed by atoms with van der Waals surface area (Å²) in [5.74, 6) is 0. The van der Waals surface area contributed by atoms with Crippen molar-refractivity contribution in [2.45, 2.75) is 5.41 Å². The summed E-state index contributed by atoms with van der Waals surface area (Å²) < 4.78 is 6.39. The monoisotopic (exact) mass is 802 g/mol. The maximum Gasteiger partial charge on any atom is 0.143 e. The fourth-order valence-corrected chi connectivity index (χ4v) is 10.1. The Morgan fingerprint density at radius 2 is 0.905 bits per heavy atom. The van der Waals surface area contributed by atoms with Crippen LogP contribution in [0.5, 0.6) is 0 Å². The smallest absolute Gasteiger partial charge is 0.143 e. The molecule has 12 rings (SSSR count). The molecule has 0 amide bonds. The zero-order chi connectivity index (χ0) is 41.9. The summed E-state index contributed by atoms with van der Waals surface area (Å²) in [6, 6.07) is 84.6. The van der Waals surface area contributed by atoms with Gasteiger partial charge in [0.05, 0.1) is 17.0 Å². The maximum absolute atomic E-state index is 9.74. The number of fused-ring (bicyclic) bond motifs is 8. The van der Waals surface area contributed by atoms with Gasteiger partial charge < -0.3 is 9.32 Å². The quantitative estimate of drug-likeness (QED) is 0.161. The molecule has 3 heteroatoms. The molecule has 0 fully saturated rings. The molecule has 0 radical (unpaired) electrons. The Morgan fingerprint density at radius 3 is 1.59 bits per heavy atom. The van der Waals surface area contributed by atoms with Crippen LogP contribution in [0.4, 0.5) is 17.1 Å². The third kappa shape index (κ3) is 5.73. The van der Waals surface area contributed by atoms with Crippen LogP contribution in [0.1, 0.15) is 27.8 Å². The number of nitriles is 1. The minimum absolute atomic E-state index is 0.527. The highest BCUT2D eigenvalue weighted by Crippen LogP contribution is 2.57. The third-order valence-electron chi connectivity index (χ3n) is 13.0. The highest BCUT2D eigenvalue weighted by atomic mass is 16.3. The Bertz CT molecular complexity index is 3510. The molecule has 63 heavy (non-hydrogen) atoms. The van der Waals surface area contributed by atoms with Crippen LogP contribution in [0, 0.1) is 11.3 Å². The molecular formula is C60H38N2O. The third-order valence-corrected chi connectivity index (χ3v) is 13.0. The number of anilines is 3. The lowest BCUT2D eigenvalue weighted by molar-refractivity contribution is 0.672. The molecule has 294 valence electrons. The van der Waals surface area contributed by atoms with Crippen molar-refractivity contribution in [3.05, 3.63) is 258 Å². The summed E-state index contributed by atoms with van der Waals surface area (Å²) in [6.45, 7) is 0. The van der Waals surface area contributed by atoms with Crippen LogP contribution in [0.3, 0.4) is 0 Å². The molecule has 0 atom stereocenters. The van der Waals surface area contributed by atoms with Gasteiger partial charge in [-0.05, 0) is 122 Å². The molecule has 0 unspecified atom stereocenters. The highest BCUT2D eigenvalue weighted by Gasteiger charge is 2.46. The van der Waals surface area contributed by atoms with Crippen molar-refractivity contribution in [3.63, 3.8) is 0 Å². The normalized spacial score (nSPS) is 12.6. The van der Waals surface area contributed by atoms with E-state index in [0.29, 0.717) is 5.56 Å². The van der Waals surface area contributed by atoms with E-state index < -0.39 is 5.41 Å². The Hall–Kier alpha value is -8.45. The average Bonchev–Trinajstić information content (AvgIpc) is 3.89. The van der Waals surface area contributed by atoms with Crippen molar-refractivity contribution in [1.29, 1.82) is 5.26 Å². The van der Waals surface area contributed by atoms with Gasteiger partial charge in [0.25, 0.3) is 0 Å². The van der Waals surface area contributed by atoms with E-state index in [2.05, 4.69) is 205 Å². The number of para-hydroxylation sites is 1. The van der Waals surface area contributed by atoms with E-state index in [1.165, 1.54) is 44.3 Å². The second-order valence-corrected chi connectivity index (χ2v) is 16.3. The lowest BCUT2D eigenvalue weighted by Crippen LogP contribution is -2.28. The molecule has 1 heterocycles. The van der Waals surface area contributed by atoms with E-state index >= 15 is 0 Å². The van der Waals surface area contributed by atoms with Gasteiger partial charge in [-0.15, -0.1) is 0 Å². The lowest BCUT2D eigenvalue weighted by Gasteiger charge is -2.35. The zero-order valence-electron chi connectivity index (χ0n) is 34.2. The van der Waals surface area contributed by atoms with Crippen LogP contribution in [0.25, 0.3) is 66.1 Å². The van der Waals surface area contributed by atoms with E-state index in [4.69, 9.17) is 4.42 Å². The Morgan fingerprint density at radius 1 is 0.381 bits per heavy atom. The maximum atomic E-state index is 9.74. The molecule has 3 nitrogen and oxygen atoms in total. The first-order chi connectivity index (χ1) is 31.2. The van der Waals surface area contributed by atoms with Crippen molar-refractivity contribution < 1.29 is 4.42 Å². The van der Waals surface area contributed by atoms with Gasteiger partial charge in [-0.25, -0.2) is 0 Å². The van der Waals surface area contributed by atoms with Crippen LogP contribution >= 0.6 is 0 Å². The summed E-state index contributed by atoms with van der Waals surface area (Å²) in [5.41, 5.74) is 17.0. The van der Waals surface area contributed by atoms with Gasteiger partial charge in [-0.3, -0.25) is 0 Å².